The van der Waals surface area contributed by atoms with Gasteiger partial charge in [0.1, 0.15) is 0 Å². The molecule has 2 saturated heterocycles. The molecule has 2 fully saturated rings. The van der Waals surface area contributed by atoms with Gasteiger partial charge in [-0.25, -0.2) is 0 Å². The standard InChI is InChI=1S/C13H24O4S/c1-2-16-7-8-17-6-5-13(14)9-11-3-4-12(10-13)18(11)15/h11-12,14H,2-10H2,1H3. The van der Waals surface area contributed by atoms with Crippen molar-refractivity contribution in [3.63, 3.8) is 0 Å². The van der Waals surface area contributed by atoms with E-state index in [-0.39, 0.29) is 10.5 Å². The number of aliphatic hydroxyl groups is 1. The Morgan fingerprint density at radius 2 is 1.78 bits per heavy atom. The second-order valence-corrected chi connectivity index (χ2v) is 7.33. The predicted molar refractivity (Wildman–Crippen MR) is 71.1 cm³/mol. The summed E-state index contributed by atoms with van der Waals surface area (Å²) in [6.07, 6.45) is 4.06. The van der Waals surface area contributed by atoms with E-state index in [0.29, 0.717) is 45.7 Å². The van der Waals surface area contributed by atoms with Crippen molar-refractivity contribution in [1.82, 2.24) is 0 Å². The SMILES string of the molecule is CCOCCOCCC1(O)CC2CCC(C1)S2=O. The van der Waals surface area contributed by atoms with Gasteiger partial charge >= 0.3 is 0 Å². The molecule has 2 atom stereocenters. The summed E-state index contributed by atoms with van der Waals surface area (Å²) in [5.41, 5.74) is -0.647. The maximum Gasteiger partial charge on any atom is 0.0700 e. The molecule has 0 spiro atoms. The number of ether oxygens (including phenoxy) is 2. The molecule has 0 aliphatic carbocycles. The fraction of sp³-hybridized carbons (Fsp3) is 1.00. The van der Waals surface area contributed by atoms with Gasteiger partial charge in [-0.1, -0.05) is 0 Å². The van der Waals surface area contributed by atoms with Gasteiger partial charge in [-0.2, -0.15) is 0 Å². The topological polar surface area (TPSA) is 55.8 Å². The first-order valence-electron chi connectivity index (χ1n) is 6.92. The quantitative estimate of drug-likeness (QED) is 0.711. The Morgan fingerprint density at radius 1 is 1.17 bits per heavy atom. The molecular formula is C13H24O4S. The molecular weight excluding hydrogens is 252 g/mol. The normalized spacial score (nSPS) is 39.1. The highest BCUT2D eigenvalue weighted by Gasteiger charge is 2.47. The van der Waals surface area contributed by atoms with Crippen LogP contribution in [0.25, 0.3) is 0 Å². The zero-order valence-corrected chi connectivity index (χ0v) is 11.9. The lowest BCUT2D eigenvalue weighted by Gasteiger charge is -2.35. The van der Waals surface area contributed by atoms with Crippen LogP contribution in [0.3, 0.4) is 0 Å². The predicted octanol–water partition coefficient (Wildman–Crippen LogP) is 1.23. The summed E-state index contributed by atoms with van der Waals surface area (Å²) in [7, 11) is -0.698. The summed E-state index contributed by atoms with van der Waals surface area (Å²) in [6.45, 7) is 4.44. The van der Waals surface area contributed by atoms with Crippen LogP contribution in [-0.2, 0) is 20.3 Å². The van der Waals surface area contributed by atoms with Gasteiger partial charge in [0.15, 0.2) is 0 Å². The van der Waals surface area contributed by atoms with Gasteiger partial charge < -0.3 is 14.6 Å². The first-order valence-corrected chi connectivity index (χ1v) is 8.19. The molecule has 5 heteroatoms. The van der Waals surface area contributed by atoms with Crippen molar-refractivity contribution in [2.75, 3.05) is 26.4 Å². The average Bonchev–Trinajstić information content (AvgIpc) is 2.58. The van der Waals surface area contributed by atoms with Crippen LogP contribution in [0.15, 0.2) is 0 Å². The molecule has 0 saturated carbocycles. The average molecular weight is 276 g/mol. The van der Waals surface area contributed by atoms with Crippen LogP contribution in [-0.4, -0.2) is 51.8 Å². The summed E-state index contributed by atoms with van der Waals surface area (Å²) in [6, 6.07) is 0. The van der Waals surface area contributed by atoms with Crippen LogP contribution in [0.2, 0.25) is 0 Å². The highest BCUT2D eigenvalue weighted by Crippen LogP contribution is 2.42. The van der Waals surface area contributed by atoms with Gasteiger partial charge in [0.05, 0.1) is 18.8 Å². The van der Waals surface area contributed by atoms with Crippen molar-refractivity contribution in [1.29, 1.82) is 0 Å². The Balaban J connectivity index is 1.68. The summed E-state index contributed by atoms with van der Waals surface area (Å²) in [5, 5.41) is 11.0. The van der Waals surface area contributed by atoms with E-state index >= 15 is 0 Å². The largest absolute Gasteiger partial charge is 0.390 e. The second kappa shape index (κ2) is 6.46. The van der Waals surface area contributed by atoms with Crippen LogP contribution < -0.4 is 0 Å². The number of fused-ring (bicyclic) bond motifs is 2. The van der Waals surface area contributed by atoms with Crippen molar-refractivity contribution in [2.24, 2.45) is 0 Å². The molecule has 2 aliphatic heterocycles. The van der Waals surface area contributed by atoms with Crippen LogP contribution in [0.4, 0.5) is 0 Å². The van der Waals surface area contributed by atoms with Crippen molar-refractivity contribution in [3.05, 3.63) is 0 Å². The molecule has 0 aromatic heterocycles. The van der Waals surface area contributed by atoms with Crippen molar-refractivity contribution >= 4 is 10.8 Å². The van der Waals surface area contributed by atoms with Crippen molar-refractivity contribution in [2.45, 2.75) is 55.1 Å². The maximum atomic E-state index is 11.9. The van der Waals surface area contributed by atoms with Gasteiger partial charge in [0.25, 0.3) is 0 Å². The molecule has 1 N–H and O–H groups in total. The molecule has 2 rings (SSSR count). The third-order valence-corrected chi connectivity index (χ3v) is 6.09. The molecule has 2 heterocycles. The van der Waals surface area contributed by atoms with E-state index in [0.717, 1.165) is 12.8 Å². The zero-order valence-electron chi connectivity index (χ0n) is 11.1. The van der Waals surface area contributed by atoms with E-state index in [9.17, 15) is 9.32 Å². The molecule has 18 heavy (non-hydrogen) atoms. The van der Waals surface area contributed by atoms with E-state index in [1.807, 2.05) is 6.92 Å². The Morgan fingerprint density at radius 3 is 2.39 bits per heavy atom. The number of hydrogen-bond donors (Lipinski definition) is 1. The lowest BCUT2D eigenvalue weighted by molar-refractivity contribution is -0.0218. The van der Waals surface area contributed by atoms with Gasteiger partial charge in [-0.3, -0.25) is 4.21 Å². The molecule has 0 radical (unpaired) electrons. The first kappa shape index (κ1) is 14.4. The van der Waals surface area contributed by atoms with E-state index < -0.39 is 16.4 Å². The lowest BCUT2D eigenvalue weighted by Crippen LogP contribution is -2.43. The zero-order chi connectivity index (χ0) is 13.0. The highest BCUT2D eigenvalue weighted by molar-refractivity contribution is 7.86. The van der Waals surface area contributed by atoms with Gasteiger partial charge in [0.2, 0.25) is 0 Å². The molecule has 0 aromatic carbocycles. The fourth-order valence-electron chi connectivity index (χ4n) is 3.01. The van der Waals surface area contributed by atoms with Crippen molar-refractivity contribution in [3.8, 4) is 0 Å². The van der Waals surface area contributed by atoms with E-state index in [1.165, 1.54) is 0 Å². The minimum Gasteiger partial charge on any atom is -0.390 e. The molecule has 2 unspecified atom stereocenters. The number of hydrogen-bond acceptors (Lipinski definition) is 4. The van der Waals surface area contributed by atoms with Crippen LogP contribution in [0.5, 0.6) is 0 Å². The molecule has 2 bridgehead atoms. The van der Waals surface area contributed by atoms with Gasteiger partial charge in [-0.05, 0) is 39.0 Å². The maximum absolute atomic E-state index is 11.9. The van der Waals surface area contributed by atoms with E-state index in [2.05, 4.69) is 0 Å². The summed E-state index contributed by atoms with van der Waals surface area (Å²) in [4.78, 5) is 0. The Labute approximate surface area is 112 Å². The van der Waals surface area contributed by atoms with E-state index in [1.54, 1.807) is 0 Å². The summed E-state index contributed by atoms with van der Waals surface area (Å²) < 4.78 is 22.5. The first-order chi connectivity index (χ1) is 8.64. The minimum absolute atomic E-state index is 0.220. The minimum atomic E-state index is -0.698. The van der Waals surface area contributed by atoms with Gasteiger partial charge in [0, 0.05) is 34.5 Å². The third-order valence-electron chi connectivity index (χ3n) is 3.97. The fourth-order valence-corrected chi connectivity index (χ4v) is 5.24. The van der Waals surface area contributed by atoms with Crippen LogP contribution in [0, 0.1) is 0 Å². The Hall–Kier alpha value is 0.0300. The second-order valence-electron chi connectivity index (χ2n) is 5.34. The molecule has 4 nitrogen and oxygen atoms in total. The Bertz CT molecular complexity index is 279. The lowest BCUT2D eigenvalue weighted by atomic mass is 9.90. The summed E-state index contributed by atoms with van der Waals surface area (Å²) >= 11 is 0. The molecule has 0 amide bonds. The van der Waals surface area contributed by atoms with Crippen molar-refractivity contribution < 1.29 is 18.8 Å². The third kappa shape index (κ3) is 3.53. The molecule has 106 valence electrons. The highest BCUT2D eigenvalue weighted by atomic mass is 32.2. The van der Waals surface area contributed by atoms with Gasteiger partial charge in [-0.15, -0.1) is 0 Å². The number of rotatable bonds is 7. The Kier molecular flexibility index (Phi) is 5.18. The summed E-state index contributed by atoms with van der Waals surface area (Å²) in [5.74, 6) is 0. The van der Waals surface area contributed by atoms with Crippen LogP contribution in [0.1, 0.15) is 39.0 Å². The molecule has 0 aromatic rings. The smallest absolute Gasteiger partial charge is 0.0700 e. The molecule has 2 aliphatic rings. The van der Waals surface area contributed by atoms with E-state index in [4.69, 9.17) is 9.47 Å². The monoisotopic (exact) mass is 276 g/mol. The van der Waals surface area contributed by atoms with Crippen LogP contribution >= 0.6 is 0 Å².